The summed E-state index contributed by atoms with van der Waals surface area (Å²) >= 11 is 1.82. The van der Waals surface area contributed by atoms with Crippen LogP contribution in [0.4, 0.5) is 13.6 Å². The van der Waals surface area contributed by atoms with Gasteiger partial charge in [0.15, 0.2) is 0 Å². The van der Waals surface area contributed by atoms with Crippen molar-refractivity contribution in [1.29, 1.82) is 0 Å². The highest BCUT2D eigenvalue weighted by Crippen LogP contribution is 2.42. The largest absolute Gasteiger partial charge is 0.445 e. The number of allylic oxidation sites excluding steroid dienone is 2. The fraction of sp³-hybridized carbons (Fsp3) is 0.682. The van der Waals surface area contributed by atoms with Crippen molar-refractivity contribution in [3.8, 4) is 0 Å². The Bertz CT molecular complexity index is 686. The van der Waals surface area contributed by atoms with Crippen molar-refractivity contribution in [2.45, 2.75) is 62.5 Å². The zero-order valence-corrected chi connectivity index (χ0v) is 17.9. The van der Waals surface area contributed by atoms with Crippen LogP contribution in [0.15, 0.2) is 36.0 Å². The molecule has 2 fully saturated rings. The highest BCUT2D eigenvalue weighted by molar-refractivity contribution is 7.97. The van der Waals surface area contributed by atoms with Gasteiger partial charge in [-0.3, -0.25) is 0 Å². The van der Waals surface area contributed by atoms with E-state index in [1.165, 1.54) is 0 Å². The second-order valence-electron chi connectivity index (χ2n) is 8.56. The van der Waals surface area contributed by atoms with Crippen molar-refractivity contribution in [1.82, 2.24) is 9.62 Å². The summed E-state index contributed by atoms with van der Waals surface area (Å²) in [5.74, 6) is 1.18. The topological polar surface area (TPSA) is 50.8 Å². The number of nitrogens with zero attached hydrogens (tertiary/aromatic N) is 1. The van der Waals surface area contributed by atoms with Crippen LogP contribution in [0.5, 0.6) is 0 Å². The monoisotopic (exact) mass is 440 g/mol. The van der Waals surface area contributed by atoms with Crippen molar-refractivity contribution in [2.24, 2.45) is 11.8 Å². The van der Waals surface area contributed by atoms with E-state index in [0.717, 1.165) is 50.8 Å². The van der Waals surface area contributed by atoms with Crippen molar-refractivity contribution in [2.75, 3.05) is 19.7 Å². The van der Waals surface area contributed by atoms with Gasteiger partial charge < -0.3 is 14.8 Å². The van der Waals surface area contributed by atoms with Crippen LogP contribution in [0.25, 0.3) is 0 Å². The lowest BCUT2D eigenvalue weighted by molar-refractivity contribution is -0.152. The van der Waals surface area contributed by atoms with Gasteiger partial charge >= 0.3 is 12.7 Å². The highest BCUT2D eigenvalue weighted by Gasteiger charge is 2.42. The zero-order chi connectivity index (χ0) is 20.9. The molecule has 1 aliphatic heterocycles. The fourth-order valence-corrected chi connectivity index (χ4v) is 6.23. The lowest BCUT2D eigenvalue weighted by atomic mass is 10.0. The van der Waals surface area contributed by atoms with E-state index in [1.807, 2.05) is 24.1 Å². The maximum atomic E-state index is 12.3. The first-order chi connectivity index (χ1) is 14.5. The van der Waals surface area contributed by atoms with Gasteiger partial charge in [0.2, 0.25) is 0 Å². The number of carbonyl (C=O) groups excluding carboxylic acids is 1. The first-order valence-electron chi connectivity index (χ1n) is 10.9. The molecule has 4 unspecified atom stereocenters. The van der Waals surface area contributed by atoms with E-state index in [4.69, 9.17) is 4.74 Å². The molecule has 0 bridgehead atoms. The Hall–Kier alpha value is -1.38. The van der Waals surface area contributed by atoms with Crippen molar-refractivity contribution >= 4 is 18.0 Å². The maximum absolute atomic E-state index is 12.3. The van der Waals surface area contributed by atoms with Crippen LogP contribution >= 0.6 is 11.9 Å². The third-order valence-corrected chi connectivity index (χ3v) is 7.58. The molecule has 8 heteroatoms. The predicted octanol–water partition coefficient (Wildman–Crippen LogP) is 4.67. The molecular formula is C22H30F2N2O3S. The molecule has 30 heavy (non-hydrogen) atoms. The second-order valence-corrected chi connectivity index (χ2v) is 9.89. The van der Waals surface area contributed by atoms with Gasteiger partial charge in [-0.05, 0) is 55.9 Å². The Morgan fingerprint density at radius 2 is 2.00 bits per heavy atom. The summed E-state index contributed by atoms with van der Waals surface area (Å²) in [6.45, 7) is -0.338. The minimum absolute atomic E-state index is 0.192. The second kappa shape index (κ2) is 10.3. The quantitative estimate of drug-likeness (QED) is 0.460. The highest BCUT2D eigenvalue weighted by atomic mass is 32.2. The molecule has 1 saturated heterocycles. The number of alkyl carbamates (subject to hydrolysis) is 1. The standard InChI is InChI=1S/C22H30F2N2O3S/c23-21(24)29-19-6-8-20(9-7-19)30-26-12-16-10-18(11-17(16)13-26)25-22(27)28-14-15-4-2-1-3-5-15/h2,4-6,8,16-21H,1,3,7,9-14H2,(H,25,27). The van der Waals surface area contributed by atoms with E-state index in [1.54, 1.807) is 6.08 Å². The van der Waals surface area contributed by atoms with Gasteiger partial charge in [0.1, 0.15) is 6.61 Å². The van der Waals surface area contributed by atoms with Gasteiger partial charge in [0.25, 0.3) is 0 Å². The smallest absolute Gasteiger partial charge is 0.407 e. The van der Waals surface area contributed by atoms with E-state index in [-0.39, 0.29) is 12.1 Å². The van der Waals surface area contributed by atoms with Crippen LogP contribution in [0.1, 0.15) is 38.5 Å². The van der Waals surface area contributed by atoms with Crippen LogP contribution < -0.4 is 5.32 Å². The molecule has 5 nitrogen and oxygen atoms in total. The molecule has 4 rings (SSSR count). The lowest BCUT2D eigenvalue weighted by Gasteiger charge is -2.26. The Morgan fingerprint density at radius 3 is 2.63 bits per heavy atom. The first-order valence-corrected chi connectivity index (χ1v) is 11.7. The zero-order valence-electron chi connectivity index (χ0n) is 17.1. The van der Waals surface area contributed by atoms with Gasteiger partial charge in [-0.2, -0.15) is 8.78 Å². The molecule has 1 heterocycles. The predicted molar refractivity (Wildman–Crippen MR) is 113 cm³/mol. The first kappa shape index (κ1) is 21.8. The van der Waals surface area contributed by atoms with Crippen LogP contribution in [-0.4, -0.2) is 54.1 Å². The summed E-state index contributed by atoms with van der Waals surface area (Å²) in [5, 5.41) is 3.37. The minimum Gasteiger partial charge on any atom is -0.445 e. The molecule has 0 aromatic rings. The van der Waals surface area contributed by atoms with Gasteiger partial charge in [0, 0.05) is 24.4 Å². The molecule has 166 valence electrons. The van der Waals surface area contributed by atoms with Crippen molar-refractivity contribution in [3.05, 3.63) is 36.0 Å². The summed E-state index contributed by atoms with van der Waals surface area (Å²) in [6.07, 6.45) is 14.8. The molecule has 0 aromatic carbocycles. The molecule has 4 aliphatic rings. The summed E-state index contributed by atoms with van der Waals surface area (Å²) in [6, 6.07) is 0.192. The van der Waals surface area contributed by atoms with E-state index in [9.17, 15) is 13.6 Å². The van der Waals surface area contributed by atoms with E-state index < -0.39 is 12.7 Å². The van der Waals surface area contributed by atoms with E-state index in [0.29, 0.717) is 30.1 Å². The summed E-state index contributed by atoms with van der Waals surface area (Å²) < 4.78 is 37.0. The van der Waals surface area contributed by atoms with Gasteiger partial charge in [-0.1, -0.05) is 42.3 Å². The molecule has 1 saturated carbocycles. The summed E-state index contributed by atoms with van der Waals surface area (Å²) in [4.78, 5) is 12.1. The van der Waals surface area contributed by atoms with Gasteiger partial charge in [-0.25, -0.2) is 9.10 Å². The van der Waals surface area contributed by atoms with Gasteiger partial charge in [0.05, 0.1) is 6.10 Å². The molecule has 1 amide bonds. The number of carbonyl (C=O) groups is 1. The van der Waals surface area contributed by atoms with E-state index >= 15 is 0 Å². The number of amides is 1. The number of rotatable bonds is 7. The van der Waals surface area contributed by atoms with Crippen LogP contribution in [0, 0.1) is 11.8 Å². The third kappa shape index (κ3) is 6.08. The molecule has 0 radical (unpaired) electrons. The Kier molecular flexibility index (Phi) is 7.49. The lowest BCUT2D eigenvalue weighted by Crippen LogP contribution is -2.35. The Labute approximate surface area is 181 Å². The number of hydrogen-bond acceptors (Lipinski definition) is 5. The SMILES string of the molecule is O=C(NC1CC2CN(SC3C=CC(OC(F)F)CC3)CC2C1)OCC1=CCCC=C1. The third-order valence-electron chi connectivity index (χ3n) is 6.32. The number of alkyl halides is 2. The Balaban J connectivity index is 1.14. The Morgan fingerprint density at radius 1 is 1.20 bits per heavy atom. The summed E-state index contributed by atoms with van der Waals surface area (Å²) in [5.41, 5.74) is 1.07. The molecule has 4 atom stereocenters. The minimum atomic E-state index is -2.71. The number of ether oxygens (including phenoxy) is 2. The number of hydrogen-bond donors (Lipinski definition) is 1. The number of fused-ring (bicyclic) bond motifs is 1. The normalized spacial score (nSPS) is 33.6. The van der Waals surface area contributed by atoms with Crippen molar-refractivity contribution < 1.29 is 23.0 Å². The molecule has 1 N–H and O–H groups in total. The molecule has 3 aliphatic carbocycles. The maximum Gasteiger partial charge on any atom is 0.407 e. The fourth-order valence-electron chi connectivity index (χ4n) is 4.89. The van der Waals surface area contributed by atoms with E-state index in [2.05, 4.69) is 26.5 Å². The average Bonchev–Trinajstić information content (AvgIpc) is 3.26. The average molecular weight is 441 g/mol. The van der Waals surface area contributed by atoms with Crippen LogP contribution in [-0.2, 0) is 9.47 Å². The van der Waals surface area contributed by atoms with Crippen molar-refractivity contribution in [3.63, 3.8) is 0 Å². The molecule has 0 spiro atoms. The number of nitrogens with one attached hydrogen (secondary N) is 1. The van der Waals surface area contributed by atoms with Crippen LogP contribution in [0.3, 0.4) is 0 Å². The van der Waals surface area contributed by atoms with Gasteiger partial charge in [-0.15, -0.1) is 0 Å². The summed E-state index contributed by atoms with van der Waals surface area (Å²) in [7, 11) is 0. The molecule has 0 aromatic heterocycles. The van der Waals surface area contributed by atoms with Crippen LogP contribution in [0.2, 0.25) is 0 Å². The molecular weight excluding hydrogens is 410 g/mol. The number of halogens is 2.